The van der Waals surface area contributed by atoms with Crippen molar-refractivity contribution in [3.05, 3.63) is 41.7 Å². The van der Waals surface area contributed by atoms with E-state index in [1.54, 1.807) is 11.9 Å². The topological polar surface area (TPSA) is 58.0 Å². The summed E-state index contributed by atoms with van der Waals surface area (Å²) in [5.41, 5.74) is 1.05. The van der Waals surface area contributed by atoms with Gasteiger partial charge in [-0.2, -0.15) is 0 Å². The summed E-state index contributed by atoms with van der Waals surface area (Å²) in [5, 5.41) is 5.40. The molecule has 72 valence electrons. The third kappa shape index (κ3) is 7.44. The van der Waals surface area contributed by atoms with E-state index in [4.69, 9.17) is 10.2 Å². The summed E-state index contributed by atoms with van der Waals surface area (Å²) in [6.45, 7) is 0. The van der Waals surface area contributed by atoms with E-state index >= 15 is 0 Å². The number of thiol groups is 1. The van der Waals surface area contributed by atoms with Crippen LogP contribution < -0.4 is 0 Å². The van der Waals surface area contributed by atoms with Crippen LogP contribution in [0, 0.1) is 5.41 Å². The molecule has 0 radical (unpaired) electrons. The minimum atomic E-state index is -1.46. The molecule has 1 atom stereocenters. The molecule has 1 aromatic carbocycles. The maximum absolute atomic E-state index is 10.5. The van der Waals surface area contributed by atoms with Crippen molar-refractivity contribution in [3.8, 4) is 0 Å². The van der Waals surface area contributed by atoms with Crippen LogP contribution in [0.3, 0.4) is 0 Å². The van der Waals surface area contributed by atoms with Crippen LogP contribution in [0.15, 0.2) is 36.1 Å². The fourth-order valence-electron chi connectivity index (χ4n) is 0.714. The molecular formula is C9H9NO2PS+. The quantitative estimate of drug-likeness (QED) is 0.352. The summed E-state index contributed by atoms with van der Waals surface area (Å²) in [4.78, 5) is 8.35. The van der Waals surface area contributed by atoms with Crippen LogP contribution in [0.25, 0.3) is 6.08 Å². The average Bonchev–Trinajstić information content (AvgIpc) is 2.18. The van der Waals surface area contributed by atoms with Crippen LogP contribution in [-0.4, -0.2) is 6.08 Å². The minimum Gasteiger partial charge on any atom is -0.222 e. The molecule has 1 aromatic rings. The van der Waals surface area contributed by atoms with Crippen LogP contribution in [0.5, 0.6) is 0 Å². The molecule has 0 aliphatic carbocycles. The second kappa shape index (κ2) is 8.39. The summed E-state index contributed by atoms with van der Waals surface area (Å²) in [5.74, 6) is 1.58. The van der Waals surface area contributed by atoms with Crippen molar-refractivity contribution in [2.75, 3.05) is 0 Å². The molecule has 0 bridgehead atoms. The van der Waals surface area contributed by atoms with Gasteiger partial charge in [0.2, 0.25) is 6.08 Å². The Balaban J connectivity index is 0.000000500. The van der Waals surface area contributed by atoms with E-state index in [9.17, 15) is 4.57 Å². The molecule has 3 nitrogen and oxygen atoms in total. The summed E-state index contributed by atoms with van der Waals surface area (Å²) in [6, 6.07) is 9.71. The lowest BCUT2D eigenvalue weighted by Gasteiger charge is -1.85. The maximum Gasteiger partial charge on any atom is 0.438 e. The van der Waals surface area contributed by atoms with E-state index < -0.39 is 7.00 Å². The van der Waals surface area contributed by atoms with Gasteiger partial charge in [0.1, 0.15) is 12.2 Å². The van der Waals surface area contributed by atoms with Crippen LogP contribution in [0.2, 0.25) is 0 Å². The molecule has 0 amide bonds. The number of isocyanates is 1. The Bertz CT molecular complexity index is 345. The molecule has 0 heterocycles. The molecule has 14 heavy (non-hydrogen) atoms. The predicted molar refractivity (Wildman–Crippen MR) is 60.5 cm³/mol. The molecule has 0 aromatic heterocycles. The molecule has 0 spiro atoms. The zero-order valence-corrected chi connectivity index (χ0v) is 9.04. The monoisotopic (exact) mass is 226 g/mol. The maximum atomic E-state index is 10.5. The number of benzene rings is 1. The van der Waals surface area contributed by atoms with Crippen molar-refractivity contribution in [3.63, 3.8) is 0 Å². The second-order valence-electron chi connectivity index (χ2n) is 2.13. The lowest BCUT2D eigenvalue weighted by Crippen LogP contribution is -1.65. The SMILES string of the molecule is N=C=O.O=[P+](S)C=Cc1ccccc1. The molecule has 0 aliphatic rings. The Morgan fingerprint density at radius 1 is 1.36 bits per heavy atom. The van der Waals surface area contributed by atoms with Gasteiger partial charge in [-0.05, 0) is 11.6 Å². The molecule has 0 saturated carbocycles. The van der Waals surface area contributed by atoms with Gasteiger partial charge in [-0.25, -0.2) is 10.2 Å². The van der Waals surface area contributed by atoms with Gasteiger partial charge in [-0.3, -0.25) is 0 Å². The van der Waals surface area contributed by atoms with Crippen molar-refractivity contribution in [2.45, 2.75) is 0 Å². The summed E-state index contributed by atoms with van der Waals surface area (Å²) in [7, 11) is -1.46. The van der Waals surface area contributed by atoms with Gasteiger partial charge in [0.05, 0.1) is 0 Å². The lowest BCUT2D eigenvalue weighted by atomic mass is 10.2. The Hall–Kier alpha value is -1.21. The molecule has 0 aliphatic heterocycles. The van der Waals surface area contributed by atoms with Crippen molar-refractivity contribution < 1.29 is 9.36 Å². The largest absolute Gasteiger partial charge is 0.438 e. The smallest absolute Gasteiger partial charge is 0.222 e. The highest BCUT2D eigenvalue weighted by Gasteiger charge is 1.97. The average molecular weight is 226 g/mol. The highest BCUT2D eigenvalue weighted by molar-refractivity contribution is 8.41. The Morgan fingerprint density at radius 3 is 2.29 bits per heavy atom. The van der Waals surface area contributed by atoms with Gasteiger partial charge in [-0.15, -0.1) is 0 Å². The van der Waals surface area contributed by atoms with E-state index in [0.29, 0.717) is 0 Å². The normalized spacial score (nSPS) is 9.93. The molecule has 0 saturated heterocycles. The highest BCUT2D eigenvalue weighted by Crippen LogP contribution is 2.27. The third-order valence-electron chi connectivity index (χ3n) is 1.19. The first-order valence-electron chi connectivity index (χ1n) is 3.63. The summed E-state index contributed by atoms with van der Waals surface area (Å²) >= 11 is 3.75. The first-order valence-corrected chi connectivity index (χ1v) is 6.11. The van der Waals surface area contributed by atoms with Gasteiger partial charge >= 0.3 is 7.00 Å². The molecular weight excluding hydrogens is 217 g/mol. The van der Waals surface area contributed by atoms with Crippen molar-refractivity contribution in [2.24, 2.45) is 0 Å². The van der Waals surface area contributed by atoms with E-state index in [2.05, 4.69) is 12.2 Å². The highest BCUT2D eigenvalue weighted by atomic mass is 32.7. The molecule has 1 unspecified atom stereocenters. The van der Waals surface area contributed by atoms with Gasteiger partial charge in [0, 0.05) is 0 Å². The summed E-state index contributed by atoms with van der Waals surface area (Å²) in [6.07, 6.45) is 2.55. The van der Waals surface area contributed by atoms with Gasteiger partial charge < -0.3 is 0 Å². The molecule has 1 N–H and O–H groups in total. The van der Waals surface area contributed by atoms with Crippen molar-refractivity contribution in [1.82, 2.24) is 0 Å². The van der Waals surface area contributed by atoms with Crippen LogP contribution in [-0.2, 0) is 9.36 Å². The Morgan fingerprint density at radius 2 is 1.86 bits per heavy atom. The fraction of sp³-hybridized carbons (Fsp3) is 0. The van der Waals surface area contributed by atoms with E-state index in [1.807, 2.05) is 30.3 Å². The number of hydrogen-bond donors (Lipinski definition) is 2. The molecule has 0 fully saturated rings. The standard InChI is InChI=1S/C8H7OPS.CHNO/c9-10(11)7-6-8-4-2-1-3-5-8;2-1-3/h1-7H;2H/p+1. The minimum absolute atomic E-state index is 0.750. The van der Waals surface area contributed by atoms with Gasteiger partial charge in [0.15, 0.2) is 5.82 Å². The fourth-order valence-corrected chi connectivity index (χ4v) is 1.21. The Kier molecular flexibility index (Phi) is 7.67. The van der Waals surface area contributed by atoms with Crippen molar-refractivity contribution >= 4 is 31.4 Å². The zero-order chi connectivity index (χ0) is 10.8. The van der Waals surface area contributed by atoms with Crippen LogP contribution >= 0.6 is 19.3 Å². The number of rotatable bonds is 2. The number of nitrogens with one attached hydrogen (secondary N) is 1. The third-order valence-corrected chi connectivity index (χ3v) is 2.00. The predicted octanol–water partition coefficient (Wildman–Crippen LogP) is 3.23. The number of carbonyl (C=O) groups excluding carboxylic acids is 1. The van der Waals surface area contributed by atoms with Crippen LogP contribution in [0.4, 0.5) is 0 Å². The summed E-state index contributed by atoms with van der Waals surface area (Å²) < 4.78 is 10.5. The van der Waals surface area contributed by atoms with Gasteiger partial charge in [0.25, 0.3) is 0 Å². The zero-order valence-electron chi connectivity index (χ0n) is 7.25. The van der Waals surface area contributed by atoms with Crippen LogP contribution in [0.1, 0.15) is 5.56 Å². The lowest BCUT2D eigenvalue weighted by molar-refractivity contribution is 0.562. The second-order valence-corrected chi connectivity index (χ2v) is 4.22. The number of hydrogen-bond acceptors (Lipinski definition) is 3. The van der Waals surface area contributed by atoms with E-state index in [1.165, 1.54) is 0 Å². The van der Waals surface area contributed by atoms with Crippen molar-refractivity contribution in [1.29, 1.82) is 5.41 Å². The first-order chi connectivity index (χ1) is 6.70. The molecule has 1 rings (SSSR count). The van der Waals surface area contributed by atoms with Gasteiger partial charge in [-0.1, -0.05) is 34.9 Å². The van der Waals surface area contributed by atoms with E-state index in [0.717, 1.165) is 11.6 Å². The molecule has 5 heteroatoms. The Labute approximate surface area is 88.3 Å². The first kappa shape index (κ1) is 12.8. The van der Waals surface area contributed by atoms with E-state index in [-0.39, 0.29) is 0 Å².